The number of amides is 1. The molecule has 25 heavy (non-hydrogen) atoms. The summed E-state index contributed by atoms with van der Waals surface area (Å²) in [6.07, 6.45) is 6.41. The van der Waals surface area contributed by atoms with E-state index in [0.717, 1.165) is 58.7 Å². The number of hydrogen-bond acceptors (Lipinski definition) is 6. The van der Waals surface area contributed by atoms with Gasteiger partial charge in [-0.25, -0.2) is 9.97 Å². The van der Waals surface area contributed by atoms with E-state index < -0.39 is 0 Å². The largest absolute Gasteiger partial charge is 0.383 e. The number of carbonyl (C=O) groups excluding carboxylic acids is 1. The summed E-state index contributed by atoms with van der Waals surface area (Å²) < 4.78 is 10.7. The zero-order valence-electron chi connectivity index (χ0n) is 15.2. The number of nitrogens with zero attached hydrogens (tertiary/aromatic N) is 4. The molecule has 2 aliphatic rings. The molecule has 1 atom stereocenters. The normalized spacial score (nSPS) is 23.3. The Labute approximate surface area is 149 Å². The van der Waals surface area contributed by atoms with Crippen LogP contribution in [0.1, 0.15) is 29.9 Å². The lowest BCUT2D eigenvalue weighted by atomic mass is 9.76. The molecule has 3 rings (SSSR count). The minimum Gasteiger partial charge on any atom is -0.383 e. The van der Waals surface area contributed by atoms with Crippen molar-refractivity contribution in [3.05, 3.63) is 24.3 Å². The van der Waals surface area contributed by atoms with Crippen molar-refractivity contribution in [3.8, 4) is 0 Å². The SMILES string of the molecule is COCCN1CC2(CCN(C(=O)c3ncccn3)CC2)C[C@@H]1COC. The number of piperidine rings is 1. The maximum Gasteiger partial charge on any atom is 0.291 e. The van der Waals surface area contributed by atoms with E-state index in [2.05, 4.69) is 14.9 Å². The molecule has 0 radical (unpaired) electrons. The number of aromatic nitrogens is 2. The Morgan fingerprint density at radius 2 is 1.96 bits per heavy atom. The molecule has 7 heteroatoms. The molecule has 0 saturated carbocycles. The molecular formula is C18H28N4O3. The van der Waals surface area contributed by atoms with Crippen LogP contribution in [0.5, 0.6) is 0 Å². The molecule has 1 spiro atoms. The Morgan fingerprint density at radius 1 is 1.24 bits per heavy atom. The predicted octanol–water partition coefficient (Wildman–Crippen LogP) is 1.07. The Bertz CT molecular complexity index is 561. The fraction of sp³-hybridized carbons (Fsp3) is 0.722. The van der Waals surface area contributed by atoms with Crippen molar-refractivity contribution in [1.82, 2.24) is 19.8 Å². The van der Waals surface area contributed by atoms with E-state index in [1.54, 1.807) is 32.7 Å². The molecule has 0 aliphatic carbocycles. The Kier molecular flexibility index (Phi) is 5.98. The first-order valence-electron chi connectivity index (χ1n) is 8.96. The van der Waals surface area contributed by atoms with Crippen LogP contribution in [-0.2, 0) is 9.47 Å². The fourth-order valence-electron chi connectivity index (χ4n) is 4.18. The van der Waals surface area contributed by atoms with Crippen molar-refractivity contribution in [1.29, 1.82) is 0 Å². The second-order valence-electron chi connectivity index (χ2n) is 7.14. The summed E-state index contributed by atoms with van der Waals surface area (Å²) in [7, 11) is 3.51. The van der Waals surface area contributed by atoms with Gasteiger partial charge in [-0.1, -0.05) is 0 Å². The number of hydrogen-bond donors (Lipinski definition) is 0. The maximum atomic E-state index is 12.5. The maximum absolute atomic E-state index is 12.5. The summed E-state index contributed by atoms with van der Waals surface area (Å²) in [5, 5.41) is 0. The van der Waals surface area contributed by atoms with Gasteiger partial charge < -0.3 is 14.4 Å². The first kappa shape index (κ1) is 18.2. The zero-order valence-corrected chi connectivity index (χ0v) is 15.2. The minimum absolute atomic E-state index is 0.0573. The highest BCUT2D eigenvalue weighted by Crippen LogP contribution is 2.43. The van der Waals surface area contributed by atoms with E-state index in [1.807, 2.05) is 4.90 Å². The summed E-state index contributed by atoms with van der Waals surface area (Å²) in [4.78, 5) is 25.1. The molecule has 2 saturated heterocycles. The zero-order chi connectivity index (χ0) is 17.7. The van der Waals surface area contributed by atoms with Crippen LogP contribution in [0.25, 0.3) is 0 Å². The van der Waals surface area contributed by atoms with Gasteiger partial charge in [0.25, 0.3) is 5.91 Å². The van der Waals surface area contributed by atoms with E-state index >= 15 is 0 Å². The lowest BCUT2D eigenvalue weighted by Gasteiger charge is -2.39. The molecule has 1 aromatic rings. The van der Waals surface area contributed by atoms with Gasteiger partial charge in [-0.05, 0) is 30.7 Å². The molecule has 138 valence electrons. The van der Waals surface area contributed by atoms with Crippen molar-refractivity contribution >= 4 is 5.91 Å². The van der Waals surface area contributed by atoms with Crippen molar-refractivity contribution in [2.75, 3.05) is 53.6 Å². The Hall–Kier alpha value is -1.57. The second kappa shape index (κ2) is 8.21. The molecule has 7 nitrogen and oxygen atoms in total. The van der Waals surface area contributed by atoms with Gasteiger partial charge in [-0.3, -0.25) is 9.69 Å². The van der Waals surface area contributed by atoms with E-state index in [0.29, 0.717) is 11.9 Å². The van der Waals surface area contributed by atoms with Gasteiger partial charge >= 0.3 is 0 Å². The number of carbonyl (C=O) groups is 1. The van der Waals surface area contributed by atoms with Crippen LogP contribution in [0, 0.1) is 5.41 Å². The lowest BCUT2D eigenvalue weighted by Crippen LogP contribution is -2.44. The molecular weight excluding hydrogens is 320 g/mol. The van der Waals surface area contributed by atoms with Gasteiger partial charge in [0.2, 0.25) is 5.82 Å². The summed E-state index contributed by atoms with van der Waals surface area (Å²) in [6, 6.07) is 2.17. The van der Waals surface area contributed by atoms with Crippen LogP contribution in [0.3, 0.4) is 0 Å². The summed E-state index contributed by atoms with van der Waals surface area (Å²) in [6.45, 7) is 5.04. The molecule has 0 aromatic carbocycles. The fourth-order valence-corrected chi connectivity index (χ4v) is 4.18. The average molecular weight is 348 g/mol. The molecule has 2 fully saturated rings. The van der Waals surface area contributed by atoms with Crippen LogP contribution >= 0.6 is 0 Å². The van der Waals surface area contributed by atoms with Crippen LogP contribution in [0.2, 0.25) is 0 Å². The summed E-state index contributed by atoms with van der Waals surface area (Å²) >= 11 is 0. The smallest absolute Gasteiger partial charge is 0.291 e. The van der Waals surface area contributed by atoms with Gasteiger partial charge in [0.15, 0.2) is 0 Å². The molecule has 1 amide bonds. The van der Waals surface area contributed by atoms with Gasteiger partial charge in [-0.2, -0.15) is 0 Å². The standard InChI is InChI=1S/C18H28N4O3/c1-24-11-10-22-14-18(12-15(22)13-25-2)4-8-21(9-5-18)17(23)16-19-6-3-7-20-16/h3,6-7,15H,4-5,8-14H2,1-2H3/t15-/m1/s1. The minimum atomic E-state index is -0.0573. The Balaban J connectivity index is 1.60. The molecule has 0 N–H and O–H groups in total. The van der Waals surface area contributed by atoms with Gasteiger partial charge in [0.05, 0.1) is 13.2 Å². The second-order valence-corrected chi connectivity index (χ2v) is 7.14. The third kappa shape index (κ3) is 4.16. The van der Waals surface area contributed by atoms with Gasteiger partial charge in [0.1, 0.15) is 0 Å². The monoisotopic (exact) mass is 348 g/mol. The van der Waals surface area contributed by atoms with E-state index in [1.165, 1.54) is 0 Å². The number of rotatable bonds is 6. The predicted molar refractivity (Wildman–Crippen MR) is 93.3 cm³/mol. The topological polar surface area (TPSA) is 67.8 Å². The number of likely N-dealkylation sites (tertiary alicyclic amines) is 2. The van der Waals surface area contributed by atoms with Crippen LogP contribution in [0.15, 0.2) is 18.5 Å². The van der Waals surface area contributed by atoms with Crippen LogP contribution in [0.4, 0.5) is 0 Å². The van der Waals surface area contributed by atoms with Crippen molar-refractivity contribution in [2.45, 2.75) is 25.3 Å². The quantitative estimate of drug-likeness (QED) is 0.766. The van der Waals surface area contributed by atoms with E-state index in [-0.39, 0.29) is 11.3 Å². The molecule has 0 bridgehead atoms. The number of methoxy groups -OCH3 is 2. The Morgan fingerprint density at radius 3 is 2.60 bits per heavy atom. The first-order chi connectivity index (χ1) is 12.2. The third-order valence-electron chi connectivity index (χ3n) is 5.53. The van der Waals surface area contributed by atoms with Crippen molar-refractivity contribution in [2.24, 2.45) is 5.41 Å². The lowest BCUT2D eigenvalue weighted by molar-refractivity contribution is 0.0570. The molecule has 2 aliphatic heterocycles. The van der Waals surface area contributed by atoms with Crippen LogP contribution in [-0.4, -0.2) is 85.3 Å². The van der Waals surface area contributed by atoms with E-state index in [9.17, 15) is 4.79 Å². The summed E-state index contributed by atoms with van der Waals surface area (Å²) in [5.74, 6) is 0.238. The summed E-state index contributed by atoms with van der Waals surface area (Å²) in [5.41, 5.74) is 0.283. The van der Waals surface area contributed by atoms with Crippen molar-refractivity contribution in [3.63, 3.8) is 0 Å². The number of ether oxygens (including phenoxy) is 2. The highest BCUT2D eigenvalue weighted by molar-refractivity contribution is 5.90. The molecule has 3 heterocycles. The molecule has 0 unspecified atom stereocenters. The average Bonchev–Trinajstić information content (AvgIpc) is 2.98. The van der Waals surface area contributed by atoms with Gasteiger partial charge in [-0.15, -0.1) is 0 Å². The highest BCUT2D eigenvalue weighted by atomic mass is 16.5. The van der Waals surface area contributed by atoms with Crippen LogP contribution < -0.4 is 0 Å². The highest BCUT2D eigenvalue weighted by Gasteiger charge is 2.45. The third-order valence-corrected chi connectivity index (χ3v) is 5.53. The van der Waals surface area contributed by atoms with Gasteiger partial charge in [0, 0.05) is 58.8 Å². The van der Waals surface area contributed by atoms with E-state index in [4.69, 9.17) is 9.47 Å². The first-order valence-corrected chi connectivity index (χ1v) is 8.96. The molecule has 1 aromatic heterocycles. The van der Waals surface area contributed by atoms with Crippen molar-refractivity contribution < 1.29 is 14.3 Å².